The van der Waals surface area contributed by atoms with Crippen LogP contribution in [-0.2, 0) is 0 Å². The third-order valence-corrected chi connectivity index (χ3v) is 3.70. The summed E-state index contributed by atoms with van der Waals surface area (Å²) >= 11 is 7.84. The average Bonchev–Trinajstić information content (AvgIpc) is 2.85. The Morgan fingerprint density at radius 2 is 2.19 bits per heavy atom. The summed E-state index contributed by atoms with van der Waals surface area (Å²) < 4.78 is 2.05. The van der Waals surface area contributed by atoms with Gasteiger partial charge in [-0.3, -0.25) is 4.40 Å². The van der Waals surface area contributed by atoms with Crippen molar-refractivity contribution in [1.82, 2.24) is 9.38 Å². The molecular weight excluding hydrogens is 240 g/mol. The molecule has 0 bridgehead atoms. The monoisotopic (exact) mass is 248 g/mol. The van der Waals surface area contributed by atoms with E-state index < -0.39 is 0 Å². The second kappa shape index (κ2) is 3.61. The minimum absolute atomic E-state index is 0.688. The molecular formula is C12H9ClN2S. The smallest absolute Gasteiger partial charge is 0.156 e. The third kappa shape index (κ3) is 1.36. The van der Waals surface area contributed by atoms with Crippen molar-refractivity contribution in [1.29, 1.82) is 0 Å². The Morgan fingerprint density at radius 3 is 2.94 bits per heavy atom. The number of rotatable bonds is 1. The van der Waals surface area contributed by atoms with E-state index in [0.717, 1.165) is 17.0 Å². The maximum atomic E-state index is 6.12. The number of pyridine rings is 1. The van der Waals surface area contributed by atoms with E-state index in [4.69, 9.17) is 11.6 Å². The van der Waals surface area contributed by atoms with Crippen molar-refractivity contribution in [2.75, 3.05) is 0 Å². The van der Waals surface area contributed by atoms with Crippen molar-refractivity contribution >= 4 is 28.6 Å². The molecule has 0 aliphatic heterocycles. The first kappa shape index (κ1) is 9.87. The van der Waals surface area contributed by atoms with Crippen molar-refractivity contribution < 1.29 is 0 Å². The van der Waals surface area contributed by atoms with Crippen LogP contribution in [-0.4, -0.2) is 9.38 Å². The van der Waals surface area contributed by atoms with Crippen LogP contribution in [0, 0.1) is 6.92 Å². The summed E-state index contributed by atoms with van der Waals surface area (Å²) in [5, 5.41) is 2.76. The lowest BCUT2D eigenvalue weighted by molar-refractivity contribution is 1.19. The van der Waals surface area contributed by atoms with Gasteiger partial charge >= 0.3 is 0 Å². The maximum absolute atomic E-state index is 6.12. The number of thiophene rings is 1. The van der Waals surface area contributed by atoms with Gasteiger partial charge in [0.1, 0.15) is 0 Å². The first-order chi connectivity index (χ1) is 7.77. The van der Waals surface area contributed by atoms with Crippen LogP contribution in [0.2, 0.25) is 5.02 Å². The Labute approximate surface area is 102 Å². The molecule has 0 aromatic carbocycles. The summed E-state index contributed by atoms with van der Waals surface area (Å²) in [5.41, 5.74) is 2.97. The highest BCUT2D eigenvalue weighted by molar-refractivity contribution is 7.13. The van der Waals surface area contributed by atoms with E-state index in [1.54, 1.807) is 11.3 Å². The molecule has 2 nitrogen and oxygen atoms in total. The number of aryl methyl sites for hydroxylation is 1. The van der Waals surface area contributed by atoms with Crippen LogP contribution in [0.25, 0.3) is 16.2 Å². The van der Waals surface area contributed by atoms with Crippen molar-refractivity contribution in [3.63, 3.8) is 0 Å². The molecule has 0 unspecified atom stereocenters. The van der Waals surface area contributed by atoms with Crippen LogP contribution >= 0.6 is 22.9 Å². The molecule has 80 valence electrons. The average molecular weight is 249 g/mol. The fourth-order valence-electron chi connectivity index (χ4n) is 1.86. The van der Waals surface area contributed by atoms with Crippen molar-refractivity contribution in [3.05, 3.63) is 46.6 Å². The van der Waals surface area contributed by atoms with E-state index >= 15 is 0 Å². The molecule has 3 heterocycles. The predicted octanol–water partition coefficient (Wildman–Crippen LogP) is 4.02. The van der Waals surface area contributed by atoms with Gasteiger partial charge in [0.25, 0.3) is 0 Å². The Balaban J connectivity index is 2.41. The Bertz CT molecular complexity index is 640. The fourth-order valence-corrected chi connectivity index (χ4v) is 2.88. The molecule has 16 heavy (non-hydrogen) atoms. The van der Waals surface area contributed by atoms with Gasteiger partial charge in [-0.1, -0.05) is 17.7 Å². The molecule has 3 rings (SSSR count). The standard InChI is InChI=1S/C12H9ClN2S/c1-8-11(10-5-3-7-16-10)15-6-2-4-9(13)12(15)14-8/h2-7H,1H3. The van der Waals surface area contributed by atoms with E-state index in [1.807, 2.05) is 35.7 Å². The second-order valence-corrected chi connectivity index (χ2v) is 4.93. The minimum atomic E-state index is 0.688. The van der Waals surface area contributed by atoms with E-state index in [1.165, 1.54) is 4.88 Å². The first-order valence-electron chi connectivity index (χ1n) is 4.94. The molecule has 0 radical (unpaired) electrons. The van der Waals surface area contributed by atoms with Gasteiger partial charge in [0, 0.05) is 6.20 Å². The van der Waals surface area contributed by atoms with E-state index in [9.17, 15) is 0 Å². The fraction of sp³-hybridized carbons (Fsp3) is 0.0833. The molecule has 0 saturated heterocycles. The van der Waals surface area contributed by atoms with Gasteiger partial charge in [-0.2, -0.15) is 0 Å². The SMILES string of the molecule is Cc1nc2c(Cl)cccn2c1-c1cccs1. The van der Waals surface area contributed by atoms with E-state index in [2.05, 4.69) is 16.4 Å². The summed E-state index contributed by atoms with van der Waals surface area (Å²) in [6.45, 7) is 2.01. The number of hydrogen-bond donors (Lipinski definition) is 0. The number of halogens is 1. The van der Waals surface area contributed by atoms with Crippen molar-refractivity contribution in [2.24, 2.45) is 0 Å². The highest BCUT2D eigenvalue weighted by Crippen LogP contribution is 2.30. The van der Waals surface area contributed by atoms with Crippen LogP contribution in [0.1, 0.15) is 5.69 Å². The summed E-state index contributed by atoms with van der Waals surface area (Å²) in [6, 6.07) is 7.94. The zero-order valence-corrected chi connectivity index (χ0v) is 10.2. The molecule has 0 aliphatic rings. The van der Waals surface area contributed by atoms with Gasteiger partial charge in [-0.15, -0.1) is 11.3 Å². The van der Waals surface area contributed by atoms with Gasteiger partial charge < -0.3 is 0 Å². The van der Waals surface area contributed by atoms with Gasteiger partial charge in [-0.05, 0) is 30.5 Å². The van der Waals surface area contributed by atoms with E-state index in [0.29, 0.717) is 5.02 Å². The summed E-state index contributed by atoms with van der Waals surface area (Å²) in [7, 11) is 0. The Kier molecular flexibility index (Phi) is 2.23. The largest absolute Gasteiger partial charge is 0.297 e. The molecule has 0 saturated carbocycles. The highest BCUT2D eigenvalue weighted by atomic mass is 35.5. The lowest BCUT2D eigenvalue weighted by Crippen LogP contribution is -1.86. The lowest BCUT2D eigenvalue weighted by atomic mass is 10.3. The molecule has 4 heteroatoms. The van der Waals surface area contributed by atoms with Crippen LogP contribution in [0.15, 0.2) is 35.8 Å². The second-order valence-electron chi connectivity index (χ2n) is 3.57. The molecule has 3 aromatic heterocycles. The quantitative estimate of drug-likeness (QED) is 0.636. The molecule has 0 fully saturated rings. The third-order valence-electron chi connectivity index (χ3n) is 2.53. The first-order valence-corrected chi connectivity index (χ1v) is 6.20. The summed E-state index contributed by atoms with van der Waals surface area (Å²) in [5.74, 6) is 0. The van der Waals surface area contributed by atoms with Crippen LogP contribution < -0.4 is 0 Å². The van der Waals surface area contributed by atoms with Crippen LogP contribution in [0.4, 0.5) is 0 Å². The van der Waals surface area contributed by atoms with Crippen LogP contribution in [0.3, 0.4) is 0 Å². The Hall–Kier alpha value is -1.32. The Morgan fingerprint density at radius 1 is 1.31 bits per heavy atom. The molecule has 0 aliphatic carbocycles. The predicted molar refractivity (Wildman–Crippen MR) is 68.3 cm³/mol. The molecule has 0 atom stereocenters. The number of aromatic nitrogens is 2. The zero-order chi connectivity index (χ0) is 11.1. The number of nitrogens with zero attached hydrogens (tertiary/aromatic N) is 2. The van der Waals surface area contributed by atoms with Gasteiger partial charge in [0.2, 0.25) is 0 Å². The number of fused-ring (bicyclic) bond motifs is 1. The van der Waals surface area contributed by atoms with E-state index in [-0.39, 0.29) is 0 Å². The molecule has 0 amide bonds. The van der Waals surface area contributed by atoms with Crippen molar-refractivity contribution in [3.8, 4) is 10.6 Å². The lowest BCUT2D eigenvalue weighted by Gasteiger charge is -2.00. The van der Waals surface area contributed by atoms with Gasteiger partial charge in [0.05, 0.1) is 21.3 Å². The summed E-state index contributed by atoms with van der Waals surface area (Å²) in [4.78, 5) is 5.72. The zero-order valence-electron chi connectivity index (χ0n) is 8.64. The maximum Gasteiger partial charge on any atom is 0.156 e. The molecule has 0 spiro atoms. The van der Waals surface area contributed by atoms with Crippen LogP contribution in [0.5, 0.6) is 0 Å². The van der Waals surface area contributed by atoms with Crippen molar-refractivity contribution in [2.45, 2.75) is 6.92 Å². The minimum Gasteiger partial charge on any atom is -0.297 e. The molecule has 0 N–H and O–H groups in total. The summed E-state index contributed by atoms with van der Waals surface area (Å²) in [6.07, 6.45) is 2.00. The number of imidazole rings is 1. The van der Waals surface area contributed by atoms with Gasteiger partial charge in [0.15, 0.2) is 5.65 Å². The van der Waals surface area contributed by atoms with Gasteiger partial charge in [-0.25, -0.2) is 4.98 Å². The highest BCUT2D eigenvalue weighted by Gasteiger charge is 2.12. The number of hydrogen-bond acceptors (Lipinski definition) is 2. The normalized spacial score (nSPS) is 11.1. The molecule has 3 aromatic rings. The topological polar surface area (TPSA) is 17.3 Å².